The molecule has 2 aliphatic carbocycles. The summed E-state index contributed by atoms with van der Waals surface area (Å²) in [6.45, 7) is 5.34. The van der Waals surface area contributed by atoms with Crippen LogP contribution in [-0.2, 0) is 0 Å². The van der Waals surface area contributed by atoms with Crippen LogP contribution in [0.2, 0.25) is 10.6 Å². The molecule has 0 aromatic heterocycles. The van der Waals surface area contributed by atoms with E-state index in [-0.39, 0.29) is 0 Å². The smallest absolute Gasteiger partial charge is 0.0673 e. The average molecular weight is 400 g/mol. The summed E-state index contributed by atoms with van der Waals surface area (Å²) in [7, 11) is 3.01. The van der Waals surface area contributed by atoms with Gasteiger partial charge in [-0.15, -0.1) is 0 Å². The van der Waals surface area contributed by atoms with Crippen molar-refractivity contribution in [3.63, 3.8) is 0 Å². The van der Waals surface area contributed by atoms with Crippen LogP contribution in [0.5, 0.6) is 0 Å². The molecule has 29 heavy (non-hydrogen) atoms. The third kappa shape index (κ3) is 11.9. The molecule has 0 saturated heterocycles. The van der Waals surface area contributed by atoms with E-state index in [2.05, 4.69) is 13.8 Å². The van der Waals surface area contributed by atoms with Gasteiger partial charge in [-0.3, -0.25) is 0 Å². The van der Waals surface area contributed by atoms with E-state index in [9.17, 15) is 0 Å². The van der Waals surface area contributed by atoms with Crippen LogP contribution >= 0.6 is 0 Å². The molecule has 2 heteroatoms. The molecule has 0 radical (unpaired) electrons. The molecule has 2 saturated carbocycles. The first-order valence-corrected chi connectivity index (χ1v) is 14.1. The van der Waals surface area contributed by atoms with Crippen molar-refractivity contribution in [1.82, 2.24) is 0 Å². The number of hydrogen-bond acceptors (Lipinski definition) is 0. The van der Waals surface area contributed by atoms with E-state index < -0.39 is 0 Å². The van der Waals surface area contributed by atoms with Crippen molar-refractivity contribution in [2.45, 2.75) is 172 Å². The molecule has 0 spiro atoms. The van der Waals surface area contributed by atoms with Crippen molar-refractivity contribution in [1.29, 1.82) is 0 Å². The van der Waals surface area contributed by atoms with E-state index in [1.165, 1.54) is 162 Å². The van der Waals surface area contributed by atoms with Gasteiger partial charge in [-0.05, 0) is 0 Å². The lowest BCUT2D eigenvalue weighted by molar-refractivity contribution is 0.432. The molecular formula is C27H54B2. The van der Waals surface area contributed by atoms with Gasteiger partial charge in [0.2, 0.25) is 0 Å². The second-order valence-electron chi connectivity index (χ2n) is 11.8. The fourth-order valence-corrected chi connectivity index (χ4v) is 6.21. The molecule has 0 nitrogen and oxygen atoms in total. The van der Waals surface area contributed by atoms with Crippen molar-refractivity contribution < 1.29 is 0 Å². The first-order chi connectivity index (χ1) is 14.1. The number of rotatable bonds is 3. The normalized spacial score (nSPS) is 26.4. The van der Waals surface area contributed by atoms with Crippen LogP contribution in [0.1, 0.15) is 162 Å². The molecule has 0 bridgehead atoms. The van der Waals surface area contributed by atoms with Crippen LogP contribution in [0.15, 0.2) is 0 Å². The fraction of sp³-hybridized carbons (Fsp3) is 1.00. The van der Waals surface area contributed by atoms with Gasteiger partial charge < -0.3 is 0 Å². The standard InChI is InChI=1S/C27H54B2/c1-26(22-18-14-10-6-3-4-7-11-15-19-23-26)28-29-27(2)24-20-16-12-8-5-9-13-17-21-25-27/h28-29H,3-25H2,1-2H3. The lowest BCUT2D eigenvalue weighted by Crippen LogP contribution is -2.31. The molecule has 0 unspecified atom stereocenters. The van der Waals surface area contributed by atoms with Gasteiger partial charge in [-0.1, -0.05) is 172 Å². The Labute approximate surface area is 186 Å². The maximum absolute atomic E-state index is 2.67. The van der Waals surface area contributed by atoms with Gasteiger partial charge >= 0.3 is 0 Å². The van der Waals surface area contributed by atoms with E-state index in [1.54, 1.807) is 0 Å². The van der Waals surface area contributed by atoms with Crippen LogP contribution in [0, 0.1) is 0 Å². The second kappa shape index (κ2) is 15.0. The lowest BCUT2D eigenvalue weighted by atomic mass is 9.20. The summed E-state index contributed by atoms with van der Waals surface area (Å²) < 4.78 is 0. The molecule has 168 valence electrons. The average Bonchev–Trinajstić information content (AvgIpc) is 2.72. The second-order valence-corrected chi connectivity index (χ2v) is 11.8. The third-order valence-corrected chi connectivity index (χ3v) is 8.70. The van der Waals surface area contributed by atoms with Gasteiger partial charge in [-0.25, -0.2) is 0 Å². The molecular weight excluding hydrogens is 346 g/mol. The molecule has 0 N–H and O–H groups in total. The zero-order valence-corrected chi connectivity index (χ0v) is 20.7. The predicted octanol–water partition coefficient (Wildman–Crippen LogP) is 9.13. The molecule has 0 aliphatic heterocycles. The van der Waals surface area contributed by atoms with Crippen LogP contribution in [0.25, 0.3) is 0 Å². The van der Waals surface area contributed by atoms with Gasteiger partial charge in [0, 0.05) is 0 Å². The minimum atomic E-state index is 0.626. The van der Waals surface area contributed by atoms with Crippen LogP contribution < -0.4 is 0 Å². The van der Waals surface area contributed by atoms with Crippen molar-refractivity contribution >= 4 is 14.3 Å². The zero-order chi connectivity index (χ0) is 20.7. The topological polar surface area (TPSA) is 0 Å². The van der Waals surface area contributed by atoms with Gasteiger partial charge in [0.05, 0.1) is 14.3 Å². The molecule has 0 atom stereocenters. The van der Waals surface area contributed by atoms with E-state index in [0.717, 1.165) is 0 Å². The monoisotopic (exact) mass is 400 g/mol. The Morgan fingerprint density at radius 1 is 0.310 bits per heavy atom. The van der Waals surface area contributed by atoms with Crippen LogP contribution in [0.3, 0.4) is 0 Å². The van der Waals surface area contributed by atoms with E-state index >= 15 is 0 Å². The third-order valence-electron chi connectivity index (χ3n) is 8.70. The molecule has 2 aliphatic rings. The summed E-state index contributed by atoms with van der Waals surface area (Å²) in [6.07, 6.45) is 34.4. The number of hydrogen-bond donors (Lipinski definition) is 0. The van der Waals surface area contributed by atoms with Crippen LogP contribution in [-0.4, -0.2) is 14.3 Å². The Balaban J connectivity index is 1.87. The molecule has 2 fully saturated rings. The summed E-state index contributed by atoms with van der Waals surface area (Å²) >= 11 is 0. The highest BCUT2D eigenvalue weighted by atomic mass is 14.2. The summed E-state index contributed by atoms with van der Waals surface area (Å²) in [5.41, 5.74) is 0. The Morgan fingerprint density at radius 2 is 0.483 bits per heavy atom. The summed E-state index contributed by atoms with van der Waals surface area (Å²) in [6, 6.07) is 0. The van der Waals surface area contributed by atoms with Gasteiger partial charge in [-0.2, -0.15) is 0 Å². The van der Waals surface area contributed by atoms with Crippen LogP contribution in [0.4, 0.5) is 0 Å². The molecule has 0 heterocycles. The highest BCUT2D eigenvalue weighted by Gasteiger charge is 2.31. The highest BCUT2D eigenvalue weighted by Crippen LogP contribution is 2.43. The molecule has 0 amide bonds. The Morgan fingerprint density at radius 3 is 0.690 bits per heavy atom. The van der Waals surface area contributed by atoms with Crippen molar-refractivity contribution in [3.8, 4) is 0 Å². The van der Waals surface area contributed by atoms with E-state index in [4.69, 9.17) is 0 Å². The SMILES string of the molecule is CC1(BBC2(C)CCCCCCCCCCC2)CCCCCCCCCCCC1. The summed E-state index contributed by atoms with van der Waals surface area (Å²) in [5, 5.41) is 1.25. The molecule has 2 rings (SSSR count). The minimum Gasteiger partial charge on any atom is -0.0673 e. The zero-order valence-electron chi connectivity index (χ0n) is 20.7. The minimum absolute atomic E-state index is 0.626. The first-order valence-electron chi connectivity index (χ1n) is 14.1. The fourth-order valence-electron chi connectivity index (χ4n) is 6.21. The first kappa shape index (κ1) is 25.4. The quantitative estimate of drug-likeness (QED) is 0.414. The lowest BCUT2D eigenvalue weighted by Gasteiger charge is -2.35. The predicted molar refractivity (Wildman–Crippen MR) is 137 cm³/mol. The maximum atomic E-state index is 2.67. The Kier molecular flexibility index (Phi) is 13.1. The maximum Gasteiger partial charge on any atom is 0.0948 e. The van der Waals surface area contributed by atoms with E-state index in [1.807, 2.05) is 0 Å². The van der Waals surface area contributed by atoms with Gasteiger partial charge in [0.1, 0.15) is 0 Å². The summed E-state index contributed by atoms with van der Waals surface area (Å²) in [5.74, 6) is 0. The van der Waals surface area contributed by atoms with Crippen molar-refractivity contribution in [2.75, 3.05) is 0 Å². The largest absolute Gasteiger partial charge is 0.0948 e. The van der Waals surface area contributed by atoms with Crippen molar-refractivity contribution in [3.05, 3.63) is 0 Å². The Bertz CT molecular complexity index is 366. The highest BCUT2D eigenvalue weighted by molar-refractivity contribution is 7.03. The van der Waals surface area contributed by atoms with Gasteiger partial charge in [0.25, 0.3) is 0 Å². The van der Waals surface area contributed by atoms with Crippen molar-refractivity contribution in [2.24, 2.45) is 0 Å². The van der Waals surface area contributed by atoms with Gasteiger partial charge in [0.15, 0.2) is 0 Å². The summed E-state index contributed by atoms with van der Waals surface area (Å²) in [4.78, 5) is 0. The molecule has 0 aromatic rings. The Hall–Kier alpha value is 0.130. The van der Waals surface area contributed by atoms with E-state index in [0.29, 0.717) is 10.6 Å². The molecule has 0 aromatic carbocycles.